The molecule has 0 radical (unpaired) electrons. The summed E-state index contributed by atoms with van der Waals surface area (Å²) < 4.78 is 0. The fourth-order valence-electron chi connectivity index (χ4n) is 4.02. The van der Waals surface area contributed by atoms with Gasteiger partial charge in [-0.25, -0.2) is 0 Å². The quantitative estimate of drug-likeness (QED) is 0.533. The summed E-state index contributed by atoms with van der Waals surface area (Å²) in [5.41, 5.74) is 8.36. The molecule has 0 bridgehead atoms. The van der Waals surface area contributed by atoms with Crippen LogP contribution in [0.15, 0.2) is 83.0 Å². The standard InChI is InChI=1S/C26H28/c1-19-20(2)22(4)26(5,21(19)3)18-25(24-14-10-7-11-15-24)17-16-23-12-8-6-9-13-23/h6-15,25H,18H2,1-5H3/t25-/m1/s1. The molecule has 0 saturated heterocycles. The third-order valence-corrected chi connectivity index (χ3v) is 6.32. The first-order valence-corrected chi connectivity index (χ1v) is 9.41. The highest BCUT2D eigenvalue weighted by molar-refractivity contribution is 5.51. The van der Waals surface area contributed by atoms with Gasteiger partial charge in [-0.2, -0.15) is 0 Å². The van der Waals surface area contributed by atoms with Crippen LogP contribution in [0.2, 0.25) is 0 Å². The van der Waals surface area contributed by atoms with Gasteiger partial charge in [0.1, 0.15) is 0 Å². The van der Waals surface area contributed by atoms with Crippen LogP contribution in [0.25, 0.3) is 0 Å². The molecule has 1 atom stereocenters. The van der Waals surface area contributed by atoms with Gasteiger partial charge in [-0.15, -0.1) is 0 Å². The first-order chi connectivity index (χ1) is 12.4. The van der Waals surface area contributed by atoms with Crippen LogP contribution in [-0.2, 0) is 0 Å². The molecule has 0 saturated carbocycles. The summed E-state index contributed by atoms with van der Waals surface area (Å²) >= 11 is 0. The Bertz CT molecular complexity index is 875. The predicted octanol–water partition coefficient (Wildman–Crippen LogP) is 6.90. The smallest absolute Gasteiger partial charge is 0.0467 e. The van der Waals surface area contributed by atoms with Crippen molar-refractivity contribution in [2.75, 3.05) is 0 Å². The number of rotatable bonds is 3. The van der Waals surface area contributed by atoms with E-state index in [1.807, 2.05) is 18.2 Å². The van der Waals surface area contributed by atoms with E-state index < -0.39 is 0 Å². The Kier molecular flexibility index (Phi) is 5.19. The number of hydrogen-bond donors (Lipinski definition) is 0. The fourth-order valence-corrected chi connectivity index (χ4v) is 4.02. The maximum atomic E-state index is 3.58. The van der Waals surface area contributed by atoms with Gasteiger partial charge < -0.3 is 0 Å². The molecular formula is C26H28. The van der Waals surface area contributed by atoms with Crippen LogP contribution in [0.1, 0.15) is 58.1 Å². The lowest BCUT2D eigenvalue weighted by molar-refractivity contribution is 0.427. The number of allylic oxidation sites excluding steroid dienone is 4. The molecule has 132 valence electrons. The zero-order chi connectivity index (χ0) is 18.7. The molecule has 0 N–H and O–H groups in total. The summed E-state index contributed by atoms with van der Waals surface area (Å²) in [4.78, 5) is 0. The molecule has 1 aliphatic rings. The Labute approximate surface area is 158 Å². The van der Waals surface area contributed by atoms with Gasteiger partial charge in [0.15, 0.2) is 0 Å². The van der Waals surface area contributed by atoms with E-state index in [-0.39, 0.29) is 11.3 Å². The van der Waals surface area contributed by atoms with E-state index in [0.717, 1.165) is 12.0 Å². The molecule has 0 aromatic heterocycles. The van der Waals surface area contributed by atoms with E-state index in [0.29, 0.717) is 0 Å². The van der Waals surface area contributed by atoms with Crippen LogP contribution in [0, 0.1) is 17.3 Å². The van der Waals surface area contributed by atoms with Crippen molar-refractivity contribution in [3.63, 3.8) is 0 Å². The third-order valence-electron chi connectivity index (χ3n) is 6.32. The van der Waals surface area contributed by atoms with E-state index in [4.69, 9.17) is 0 Å². The van der Waals surface area contributed by atoms with Crippen molar-refractivity contribution >= 4 is 0 Å². The highest BCUT2D eigenvalue weighted by atomic mass is 14.4. The summed E-state index contributed by atoms with van der Waals surface area (Å²) in [7, 11) is 0. The van der Waals surface area contributed by atoms with Crippen molar-refractivity contribution in [1.82, 2.24) is 0 Å². The Balaban J connectivity index is 2.00. The molecule has 26 heavy (non-hydrogen) atoms. The van der Waals surface area contributed by atoms with Gasteiger partial charge in [-0.3, -0.25) is 0 Å². The molecule has 0 heteroatoms. The second kappa shape index (κ2) is 7.38. The fraction of sp³-hybridized carbons (Fsp3) is 0.308. The molecule has 1 aliphatic carbocycles. The van der Waals surface area contributed by atoms with Crippen LogP contribution in [0.4, 0.5) is 0 Å². The lowest BCUT2D eigenvalue weighted by atomic mass is 9.71. The maximum Gasteiger partial charge on any atom is 0.0467 e. The second-order valence-electron chi connectivity index (χ2n) is 7.63. The van der Waals surface area contributed by atoms with Crippen molar-refractivity contribution in [2.45, 2.75) is 47.0 Å². The lowest BCUT2D eigenvalue weighted by Crippen LogP contribution is -2.21. The van der Waals surface area contributed by atoms with E-state index in [1.165, 1.54) is 27.9 Å². The first-order valence-electron chi connectivity index (χ1n) is 9.41. The van der Waals surface area contributed by atoms with Gasteiger partial charge in [-0.05, 0) is 63.0 Å². The molecule has 0 nitrogen and oxygen atoms in total. The molecule has 2 aromatic rings. The van der Waals surface area contributed by atoms with Crippen molar-refractivity contribution in [3.8, 4) is 11.8 Å². The van der Waals surface area contributed by atoms with Gasteiger partial charge in [-0.1, -0.05) is 78.4 Å². The summed E-state index contributed by atoms with van der Waals surface area (Å²) in [6.45, 7) is 11.5. The second-order valence-corrected chi connectivity index (χ2v) is 7.63. The molecule has 3 rings (SSSR count). The molecule has 0 aliphatic heterocycles. The Morgan fingerprint density at radius 2 is 1.27 bits per heavy atom. The average Bonchev–Trinajstić information content (AvgIpc) is 2.82. The summed E-state index contributed by atoms with van der Waals surface area (Å²) in [6.07, 6.45) is 1.02. The molecular weight excluding hydrogens is 312 g/mol. The first kappa shape index (κ1) is 18.3. The zero-order valence-electron chi connectivity index (χ0n) is 16.6. The topological polar surface area (TPSA) is 0 Å². The molecule has 0 heterocycles. The predicted molar refractivity (Wildman–Crippen MR) is 112 cm³/mol. The molecule has 2 aromatic carbocycles. The van der Waals surface area contributed by atoms with Gasteiger partial charge in [0.25, 0.3) is 0 Å². The van der Waals surface area contributed by atoms with Crippen molar-refractivity contribution in [3.05, 3.63) is 94.1 Å². The third kappa shape index (κ3) is 3.40. The summed E-state index contributed by atoms with van der Waals surface area (Å²) in [5.74, 6) is 7.20. The highest BCUT2D eigenvalue weighted by Crippen LogP contribution is 2.51. The van der Waals surface area contributed by atoms with Crippen molar-refractivity contribution in [2.24, 2.45) is 5.41 Å². The Morgan fingerprint density at radius 3 is 1.81 bits per heavy atom. The van der Waals surface area contributed by atoms with Crippen LogP contribution >= 0.6 is 0 Å². The normalized spacial score (nSPS) is 17.1. The lowest BCUT2D eigenvalue weighted by Gasteiger charge is -2.32. The monoisotopic (exact) mass is 340 g/mol. The average molecular weight is 341 g/mol. The van der Waals surface area contributed by atoms with E-state index in [2.05, 4.69) is 88.9 Å². The zero-order valence-corrected chi connectivity index (χ0v) is 16.6. The van der Waals surface area contributed by atoms with Crippen LogP contribution in [0.5, 0.6) is 0 Å². The minimum absolute atomic E-state index is 0.0834. The maximum absolute atomic E-state index is 3.58. The van der Waals surface area contributed by atoms with E-state index in [9.17, 15) is 0 Å². The Hall–Kier alpha value is -2.52. The number of hydrogen-bond acceptors (Lipinski definition) is 0. The number of benzene rings is 2. The Morgan fingerprint density at radius 1 is 0.769 bits per heavy atom. The molecule has 0 unspecified atom stereocenters. The van der Waals surface area contributed by atoms with Gasteiger partial charge in [0.05, 0.1) is 0 Å². The van der Waals surface area contributed by atoms with Gasteiger partial charge >= 0.3 is 0 Å². The summed E-state index contributed by atoms with van der Waals surface area (Å²) in [5, 5.41) is 0. The van der Waals surface area contributed by atoms with Gasteiger partial charge in [0.2, 0.25) is 0 Å². The molecule has 0 fully saturated rings. The highest BCUT2D eigenvalue weighted by Gasteiger charge is 2.38. The van der Waals surface area contributed by atoms with Crippen molar-refractivity contribution < 1.29 is 0 Å². The van der Waals surface area contributed by atoms with Crippen LogP contribution in [0.3, 0.4) is 0 Å². The SMILES string of the molecule is CC1=C(C)C(C)(C[C@@H](C#Cc2ccccc2)c2ccccc2)C(C)=C1C. The van der Waals surface area contributed by atoms with Gasteiger partial charge in [0, 0.05) is 16.9 Å². The largest absolute Gasteiger partial charge is 0.0896 e. The minimum Gasteiger partial charge on any atom is -0.0896 e. The van der Waals surface area contributed by atoms with E-state index in [1.54, 1.807) is 0 Å². The molecule has 0 spiro atoms. The minimum atomic E-state index is 0.0834. The van der Waals surface area contributed by atoms with Crippen LogP contribution < -0.4 is 0 Å². The van der Waals surface area contributed by atoms with Crippen molar-refractivity contribution in [1.29, 1.82) is 0 Å². The summed E-state index contributed by atoms with van der Waals surface area (Å²) in [6, 6.07) is 21.0. The molecule has 0 amide bonds. The van der Waals surface area contributed by atoms with E-state index >= 15 is 0 Å². The van der Waals surface area contributed by atoms with Crippen LogP contribution in [-0.4, -0.2) is 0 Å².